The van der Waals surface area contributed by atoms with Gasteiger partial charge in [-0.2, -0.15) is 0 Å². The van der Waals surface area contributed by atoms with E-state index in [-0.39, 0.29) is 11.9 Å². The van der Waals surface area contributed by atoms with Crippen molar-refractivity contribution in [3.8, 4) is 0 Å². The first-order chi connectivity index (χ1) is 7.66. The number of unbranched alkanes of at least 4 members (excludes halogenated alkanes) is 3. The van der Waals surface area contributed by atoms with Crippen molar-refractivity contribution in [3.63, 3.8) is 0 Å². The van der Waals surface area contributed by atoms with Crippen LogP contribution in [0.3, 0.4) is 0 Å². The lowest BCUT2D eigenvalue weighted by Crippen LogP contribution is -2.20. The van der Waals surface area contributed by atoms with Gasteiger partial charge >= 0.3 is 5.97 Å². The van der Waals surface area contributed by atoms with Crippen LogP contribution in [0.25, 0.3) is 0 Å². The molecule has 0 atom stereocenters. The van der Waals surface area contributed by atoms with Gasteiger partial charge in [0.2, 0.25) is 5.91 Å². The molecule has 1 amide bonds. The van der Waals surface area contributed by atoms with Crippen molar-refractivity contribution in [2.45, 2.75) is 52.4 Å². The molecule has 0 spiro atoms. The molecule has 94 valence electrons. The second kappa shape index (κ2) is 10.5. The molecule has 0 aliphatic rings. The van der Waals surface area contributed by atoms with Gasteiger partial charge in [0.05, 0.1) is 6.61 Å². The Labute approximate surface area is 97.7 Å². The summed E-state index contributed by atoms with van der Waals surface area (Å²) in [5.41, 5.74) is 0. The Kier molecular flexibility index (Phi) is 9.76. The Morgan fingerprint density at radius 3 is 2.50 bits per heavy atom. The monoisotopic (exact) mass is 229 g/mol. The quantitative estimate of drug-likeness (QED) is 0.486. The smallest absolute Gasteiger partial charge is 0.305 e. The van der Waals surface area contributed by atoms with Crippen LogP contribution in [0.5, 0.6) is 0 Å². The maximum atomic E-state index is 11.2. The van der Waals surface area contributed by atoms with Crippen LogP contribution in [0.1, 0.15) is 52.4 Å². The van der Waals surface area contributed by atoms with Crippen molar-refractivity contribution in [2.75, 3.05) is 13.2 Å². The fourth-order valence-corrected chi connectivity index (χ4v) is 1.24. The molecule has 0 aromatic carbocycles. The third-order valence-electron chi connectivity index (χ3n) is 2.19. The molecule has 0 aromatic heterocycles. The minimum absolute atomic E-state index is 0.000949. The lowest BCUT2D eigenvalue weighted by Gasteiger charge is -2.04. The van der Waals surface area contributed by atoms with Gasteiger partial charge < -0.3 is 10.1 Å². The number of hydrogen-bond donors (Lipinski definition) is 1. The standard InChI is InChI=1S/C12H23NO3/c1-3-4-10-16-12(15)8-6-5-7-9-13-11(2)14/h3-10H2,1-2H3,(H,13,14). The van der Waals surface area contributed by atoms with Crippen LogP contribution in [0.2, 0.25) is 0 Å². The molecular weight excluding hydrogens is 206 g/mol. The molecule has 0 rings (SSSR count). The van der Waals surface area contributed by atoms with Gasteiger partial charge in [0.15, 0.2) is 0 Å². The highest BCUT2D eigenvalue weighted by Gasteiger charge is 2.01. The lowest BCUT2D eigenvalue weighted by molar-refractivity contribution is -0.143. The average Bonchev–Trinajstić information content (AvgIpc) is 2.23. The zero-order valence-electron chi connectivity index (χ0n) is 10.4. The minimum atomic E-state index is -0.104. The van der Waals surface area contributed by atoms with E-state index in [0.29, 0.717) is 19.6 Å². The van der Waals surface area contributed by atoms with Crippen LogP contribution < -0.4 is 5.32 Å². The zero-order valence-corrected chi connectivity index (χ0v) is 10.4. The van der Waals surface area contributed by atoms with E-state index in [1.165, 1.54) is 6.92 Å². The summed E-state index contributed by atoms with van der Waals surface area (Å²) in [5.74, 6) is -0.105. The fourth-order valence-electron chi connectivity index (χ4n) is 1.24. The zero-order chi connectivity index (χ0) is 12.2. The van der Waals surface area contributed by atoms with E-state index in [9.17, 15) is 9.59 Å². The number of amides is 1. The highest BCUT2D eigenvalue weighted by Crippen LogP contribution is 2.01. The number of esters is 1. The van der Waals surface area contributed by atoms with Crippen LogP contribution >= 0.6 is 0 Å². The van der Waals surface area contributed by atoms with Crippen LogP contribution in [0, 0.1) is 0 Å². The van der Waals surface area contributed by atoms with Crippen LogP contribution in [-0.2, 0) is 14.3 Å². The predicted molar refractivity (Wildman–Crippen MR) is 63.0 cm³/mol. The first-order valence-corrected chi connectivity index (χ1v) is 6.07. The molecule has 0 aliphatic carbocycles. The fraction of sp³-hybridized carbons (Fsp3) is 0.833. The number of carbonyl (C=O) groups excluding carboxylic acids is 2. The number of nitrogens with one attached hydrogen (secondary N) is 1. The second-order valence-corrected chi connectivity index (χ2v) is 3.87. The molecular formula is C12H23NO3. The van der Waals surface area contributed by atoms with Gasteiger partial charge in [0.1, 0.15) is 0 Å². The summed E-state index contributed by atoms with van der Waals surface area (Å²) < 4.78 is 5.02. The highest BCUT2D eigenvalue weighted by molar-refractivity contribution is 5.72. The molecule has 0 bridgehead atoms. The summed E-state index contributed by atoms with van der Waals surface area (Å²) in [5, 5.41) is 2.72. The maximum Gasteiger partial charge on any atom is 0.305 e. The van der Waals surface area contributed by atoms with Gasteiger partial charge in [-0.25, -0.2) is 0 Å². The summed E-state index contributed by atoms with van der Waals surface area (Å²) >= 11 is 0. The largest absolute Gasteiger partial charge is 0.466 e. The Morgan fingerprint density at radius 2 is 1.88 bits per heavy atom. The van der Waals surface area contributed by atoms with Gasteiger partial charge in [-0.05, 0) is 19.3 Å². The summed E-state index contributed by atoms with van der Waals surface area (Å²) in [6.07, 6.45) is 5.18. The van der Waals surface area contributed by atoms with Crippen LogP contribution in [-0.4, -0.2) is 25.0 Å². The van der Waals surface area contributed by atoms with Gasteiger partial charge in [-0.3, -0.25) is 9.59 Å². The van der Waals surface area contributed by atoms with Crippen molar-refractivity contribution in [3.05, 3.63) is 0 Å². The molecule has 1 N–H and O–H groups in total. The molecule has 0 aromatic rings. The third-order valence-corrected chi connectivity index (χ3v) is 2.19. The van der Waals surface area contributed by atoms with Crippen LogP contribution in [0.15, 0.2) is 0 Å². The molecule has 0 saturated heterocycles. The Hall–Kier alpha value is -1.06. The number of rotatable bonds is 9. The van der Waals surface area contributed by atoms with Crippen molar-refractivity contribution >= 4 is 11.9 Å². The van der Waals surface area contributed by atoms with E-state index in [1.807, 2.05) is 0 Å². The van der Waals surface area contributed by atoms with E-state index in [1.54, 1.807) is 0 Å². The Balaban J connectivity index is 3.18. The number of ether oxygens (including phenoxy) is 1. The van der Waals surface area contributed by atoms with E-state index < -0.39 is 0 Å². The Morgan fingerprint density at radius 1 is 1.12 bits per heavy atom. The van der Waals surface area contributed by atoms with E-state index in [0.717, 1.165) is 32.1 Å². The van der Waals surface area contributed by atoms with Crippen molar-refractivity contribution < 1.29 is 14.3 Å². The Bertz CT molecular complexity index is 204. The van der Waals surface area contributed by atoms with Gasteiger partial charge in [0, 0.05) is 19.9 Å². The molecule has 0 radical (unpaired) electrons. The minimum Gasteiger partial charge on any atom is -0.466 e. The lowest BCUT2D eigenvalue weighted by atomic mass is 10.2. The highest BCUT2D eigenvalue weighted by atomic mass is 16.5. The molecule has 0 saturated carbocycles. The number of carbonyl (C=O) groups is 2. The first-order valence-electron chi connectivity index (χ1n) is 6.07. The van der Waals surface area contributed by atoms with E-state index >= 15 is 0 Å². The predicted octanol–water partition coefficient (Wildman–Crippen LogP) is 2.03. The van der Waals surface area contributed by atoms with E-state index in [2.05, 4.69) is 12.2 Å². The first kappa shape index (κ1) is 14.9. The molecule has 0 unspecified atom stereocenters. The SMILES string of the molecule is CCCCOC(=O)CCCCCNC(C)=O. The average molecular weight is 229 g/mol. The van der Waals surface area contributed by atoms with Crippen molar-refractivity contribution in [1.29, 1.82) is 0 Å². The molecule has 4 nitrogen and oxygen atoms in total. The third kappa shape index (κ3) is 11.0. The molecule has 0 heterocycles. The summed E-state index contributed by atoms with van der Waals surface area (Å²) in [6.45, 7) is 4.81. The van der Waals surface area contributed by atoms with Crippen molar-refractivity contribution in [2.24, 2.45) is 0 Å². The maximum absolute atomic E-state index is 11.2. The van der Waals surface area contributed by atoms with Crippen molar-refractivity contribution in [1.82, 2.24) is 5.32 Å². The number of hydrogen-bond acceptors (Lipinski definition) is 3. The molecule has 0 fully saturated rings. The molecule has 16 heavy (non-hydrogen) atoms. The van der Waals surface area contributed by atoms with Gasteiger partial charge in [-0.1, -0.05) is 19.8 Å². The summed E-state index contributed by atoms with van der Waals surface area (Å²) in [4.78, 5) is 21.7. The second-order valence-electron chi connectivity index (χ2n) is 3.87. The molecule has 4 heteroatoms. The molecule has 0 aliphatic heterocycles. The topological polar surface area (TPSA) is 55.4 Å². The van der Waals surface area contributed by atoms with Gasteiger partial charge in [0.25, 0.3) is 0 Å². The normalized spacial score (nSPS) is 9.88. The van der Waals surface area contributed by atoms with E-state index in [4.69, 9.17) is 4.74 Å². The summed E-state index contributed by atoms with van der Waals surface area (Å²) in [7, 11) is 0. The van der Waals surface area contributed by atoms with Crippen LogP contribution in [0.4, 0.5) is 0 Å². The van der Waals surface area contributed by atoms with Gasteiger partial charge in [-0.15, -0.1) is 0 Å². The summed E-state index contributed by atoms with van der Waals surface area (Å²) in [6, 6.07) is 0.